The van der Waals surface area contributed by atoms with E-state index in [2.05, 4.69) is 10.0 Å². The average molecular weight is 360 g/mol. The zero-order valence-corrected chi connectivity index (χ0v) is 14.5. The molecule has 5 nitrogen and oxygen atoms in total. The topological polar surface area (TPSA) is 75.3 Å². The van der Waals surface area contributed by atoms with Crippen molar-refractivity contribution >= 4 is 21.6 Å². The summed E-state index contributed by atoms with van der Waals surface area (Å²) in [5, 5.41) is 2.02. The Labute approximate surface area is 140 Å². The van der Waals surface area contributed by atoms with Gasteiger partial charge in [-0.3, -0.25) is 4.79 Å². The summed E-state index contributed by atoms with van der Waals surface area (Å²) in [7, 11) is -3.33. The van der Waals surface area contributed by atoms with E-state index in [1.54, 1.807) is 13.8 Å². The predicted molar refractivity (Wildman–Crippen MR) is 87.9 cm³/mol. The van der Waals surface area contributed by atoms with Gasteiger partial charge in [-0.2, -0.15) is 0 Å². The summed E-state index contributed by atoms with van der Waals surface area (Å²) in [5.41, 5.74) is 0.0835. The predicted octanol–water partition coefficient (Wildman–Crippen LogP) is 2.79. The van der Waals surface area contributed by atoms with Gasteiger partial charge in [0.05, 0.1) is 5.25 Å². The Morgan fingerprint density at radius 2 is 1.62 bits per heavy atom. The molecular weight excluding hydrogens is 338 g/mol. The van der Waals surface area contributed by atoms with Crippen LogP contribution in [-0.2, 0) is 14.8 Å². The zero-order valence-electron chi connectivity index (χ0n) is 13.7. The van der Waals surface area contributed by atoms with Gasteiger partial charge < -0.3 is 5.32 Å². The van der Waals surface area contributed by atoms with Gasteiger partial charge in [-0.15, -0.1) is 0 Å². The molecule has 2 rings (SSSR count). The molecule has 1 aliphatic carbocycles. The molecule has 0 saturated heterocycles. The SMILES string of the molecule is CC(C)S(=O)(=O)NC1CCC(C(=O)Nc2cc(F)cc(F)c2)CC1. The maximum Gasteiger partial charge on any atom is 0.227 e. The van der Waals surface area contributed by atoms with Gasteiger partial charge in [-0.1, -0.05) is 0 Å². The molecule has 134 valence electrons. The van der Waals surface area contributed by atoms with E-state index in [9.17, 15) is 22.0 Å². The molecule has 0 bridgehead atoms. The normalized spacial score (nSPS) is 21.7. The van der Waals surface area contributed by atoms with E-state index < -0.39 is 26.9 Å². The number of sulfonamides is 1. The Balaban J connectivity index is 1.89. The first-order valence-electron chi connectivity index (χ1n) is 7.95. The third-order valence-electron chi connectivity index (χ3n) is 4.18. The van der Waals surface area contributed by atoms with Gasteiger partial charge in [0, 0.05) is 23.7 Å². The van der Waals surface area contributed by atoms with Crippen LogP contribution in [0.15, 0.2) is 18.2 Å². The number of halogens is 2. The molecule has 0 atom stereocenters. The monoisotopic (exact) mass is 360 g/mol. The Hall–Kier alpha value is -1.54. The van der Waals surface area contributed by atoms with Crippen LogP contribution >= 0.6 is 0 Å². The molecule has 1 fully saturated rings. The lowest BCUT2D eigenvalue weighted by Crippen LogP contribution is -2.42. The van der Waals surface area contributed by atoms with Gasteiger partial charge in [0.1, 0.15) is 11.6 Å². The molecule has 1 aromatic rings. The van der Waals surface area contributed by atoms with Crippen LogP contribution in [0.25, 0.3) is 0 Å². The zero-order chi connectivity index (χ0) is 17.9. The van der Waals surface area contributed by atoms with E-state index in [1.807, 2.05) is 0 Å². The molecule has 1 saturated carbocycles. The second-order valence-corrected chi connectivity index (χ2v) is 8.68. The molecule has 0 aromatic heterocycles. The maximum atomic E-state index is 13.1. The number of rotatable bonds is 5. The standard InChI is InChI=1S/C16H22F2N2O3S/c1-10(2)24(22,23)20-14-5-3-11(4-6-14)16(21)19-15-8-12(17)7-13(18)9-15/h7-11,14,20H,3-6H2,1-2H3,(H,19,21). The molecule has 0 unspecified atom stereocenters. The van der Waals surface area contributed by atoms with E-state index in [1.165, 1.54) is 0 Å². The van der Waals surface area contributed by atoms with Crippen molar-refractivity contribution in [3.05, 3.63) is 29.8 Å². The number of nitrogens with one attached hydrogen (secondary N) is 2. The Bertz CT molecular complexity index is 679. The number of carbonyl (C=O) groups is 1. The van der Waals surface area contributed by atoms with Gasteiger partial charge in [-0.25, -0.2) is 21.9 Å². The summed E-state index contributed by atoms with van der Waals surface area (Å²) in [4.78, 5) is 12.2. The van der Waals surface area contributed by atoms with Crippen molar-refractivity contribution in [3.8, 4) is 0 Å². The van der Waals surface area contributed by atoms with Crippen LogP contribution in [0.2, 0.25) is 0 Å². The van der Waals surface area contributed by atoms with Crippen molar-refractivity contribution in [2.24, 2.45) is 5.92 Å². The van der Waals surface area contributed by atoms with Crippen LogP contribution in [0.5, 0.6) is 0 Å². The quantitative estimate of drug-likeness (QED) is 0.848. The van der Waals surface area contributed by atoms with E-state index in [0.717, 1.165) is 18.2 Å². The molecule has 24 heavy (non-hydrogen) atoms. The lowest BCUT2D eigenvalue weighted by Gasteiger charge is -2.28. The Kier molecular flexibility index (Phi) is 5.92. The van der Waals surface area contributed by atoms with E-state index in [0.29, 0.717) is 25.7 Å². The van der Waals surface area contributed by atoms with Crippen LogP contribution < -0.4 is 10.0 Å². The molecule has 1 aliphatic rings. The minimum Gasteiger partial charge on any atom is -0.326 e. The third kappa shape index (κ3) is 4.98. The summed E-state index contributed by atoms with van der Waals surface area (Å²) in [5.74, 6) is -2.10. The molecule has 2 N–H and O–H groups in total. The lowest BCUT2D eigenvalue weighted by molar-refractivity contribution is -0.120. The van der Waals surface area contributed by atoms with Crippen LogP contribution in [0.1, 0.15) is 39.5 Å². The average Bonchev–Trinajstić information content (AvgIpc) is 2.46. The fourth-order valence-electron chi connectivity index (χ4n) is 2.71. The van der Waals surface area contributed by atoms with Crippen LogP contribution in [0, 0.1) is 17.6 Å². The molecule has 0 aliphatic heterocycles. The van der Waals surface area contributed by atoms with Gasteiger partial charge in [0.2, 0.25) is 15.9 Å². The second kappa shape index (κ2) is 7.57. The summed E-state index contributed by atoms with van der Waals surface area (Å²) in [6, 6.07) is 2.68. The molecule has 0 spiro atoms. The van der Waals surface area contributed by atoms with Crippen molar-refractivity contribution in [3.63, 3.8) is 0 Å². The van der Waals surface area contributed by atoms with Crippen molar-refractivity contribution in [2.75, 3.05) is 5.32 Å². The first-order valence-corrected chi connectivity index (χ1v) is 9.50. The first-order chi connectivity index (χ1) is 11.2. The van der Waals surface area contributed by atoms with Crippen LogP contribution in [0.4, 0.5) is 14.5 Å². The summed E-state index contributed by atoms with van der Waals surface area (Å²) in [6.45, 7) is 3.22. The molecule has 0 heterocycles. The lowest BCUT2D eigenvalue weighted by atomic mass is 9.86. The van der Waals surface area contributed by atoms with E-state index >= 15 is 0 Å². The highest BCUT2D eigenvalue weighted by Crippen LogP contribution is 2.26. The van der Waals surface area contributed by atoms with E-state index in [-0.39, 0.29) is 23.6 Å². The number of carbonyl (C=O) groups excluding carboxylic acids is 1. The van der Waals surface area contributed by atoms with Gasteiger partial charge >= 0.3 is 0 Å². The van der Waals surface area contributed by atoms with Crippen molar-refractivity contribution < 1.29 is 22.0 Å². The van der Waals surface area contributed by atoms with Gasteiger partial charge in [0.25, 0.3) is 0 Å². The van der Waals surface area contributed by atoms with Gasteiger partial charge in [0.15, 0.2) is 0 Å². The minimum atomic E-state index is -3.33. The number of hydrogen-bond donors (Lipinski definition) is 2. The van der Waals surface area contributed by atoms with Crippen LogP contribution in [-0.4, -0.2) is 25.6 Å². The number of benzene rings is 1. The minimum absolute atomic E-state index is 0.0835. The van der Waals surface area contributed by atoms with Crippen molar-refractivity contribution in [1.29, 1.82) is 0 Å². The fraction of sp³-hybridized carbons (Fsp3) is 0.562. The molecule has 1 amide bonds. The van der Waals surface area contributed by atoms with Crippen molar-refractivity contribution in [1.82, 2.24) is 4.72 Å². The third-order valence-corrected chi connectivity index (χ3v) is 6.08. The fourth-order valence-corrected chi connectivity index (χ4v) is 3.68. The highest BCUT2D eigenvalue weighted by atomic mass is 32.2. The first kappa shape index (κ1) is 18.8. The molecule has 1 aromatic carbocycles. The summed E-state index contributed by atoms with van der Waals surface area (Å²) >= 11 is 0. The number of hydrogen-bond acceptors (Lipinski definition) is 3. The largest absolute Gasteiger partial charge is 0.326 e. The van der Waals surface area contributed by atoms with Gasteiger partial charge in [-0.05, 0) is 51.7 Å². The number of anilines is 1. The molecule has 0 radical (unpaired) electrons. The smallest absolute Gasteiger partial charge is 0.227 e. The van der Waals surface area contributed by atoms with Crippen LogP contribution in [0.3, 0.4) is 0 Å². The molecule has 8 heteroatoms. The van der Waals surface area contributed by atoms with Crippen molar-refractivity contribution in [2.45, 2.75) is 50.8 Å². The van der Waals surface area contributed by atoms with E-state index in [4.69, 9.17) is 0 Å². The maximum absolute atomic E-state index is 13.1. The summed E-state index contributed by atoms with van der Waals surface area (Å²) < 4.78 is 52.7. The highest BCUT2D eigenvalue weighted by Gasteiger charge is 2.29. The Morgan fingerprint density at radius 3 is 2.12 bits per heavy atom. The molecular formula is C16H22F2N2O3S. The summed E-state index contributed by atoms with van der Waals surface area (Å²) in [6.07, 6.45) is 2.16. The Morgan fingerprint density at radius 1 is 1.08 bits per heavy atom. The second-order valence-electron chi connectivity index (χ2n) is 6.41. The highest BCUT2D eigenvalue weighted by molar-refractivity contribution is 7.90. The number of amides is 1.